The molecule has 6 nitrogen and oxygen atoms in total. The molecule has 0 aromatic carbocycles. The number of carbonyl (C=O) groups is 1. The second kappa shape index (κ2) is 7.31. The number of rotatable bonds is 3. The number of likely N-dealkylation sites (tertiary alicyclic amines) is 1. The molecule has 3 aromatic heterocycles. The Balaban J connectivity index is 1.79. The number of hydrogen-bond acceptors (Lipinski definition) is 4. The first-order valence-corrected chi connectivity index (χ1v) is 9.40. The summed E-state index contributed by atoms with van der Waals surface area (Å²) in [5.74, 6) is -0.207. The molecule has 1 aliphatic heterocycles. The van der Waals surface area contributed by atoms with E-state index in [-0.39, 0.29) is 23.1 Å². The smallest absolute Gasteiger partial charge is 0.265 e. The predicted octanol–water partition coefficient (Wildman–Crippen LogP) is 3.18. The van der Waals surface area contributed by atoms with Gasteiger partial charge < -0.3 is 4.90 Å². The van der Waals surface area contributed by atoms with Gasteiger partial charge in [0, 0.05) is 37.1 Å². The van der Waals surface area contributed by atoms with Crippen LogP contribution >= 0.6 is 0 Å². The van der Waals surface area contributed by atoms with Crippen LogP contribution in [0.15, 0.2) is 53.7 Å². The van der Waals surface area contributed by atoms with Crippen molar-refractivity contribution in [2.45, 2.75) is 38.8 Å². The Morgan fingerprint density at radius 2 is 2.07 bits per heavy atom. The average molecular weight is 362 g/mol. The SMILES string of the molecule is CCn1c(=O)c(C(=O)N2CCCC[C@@H]2c2cccnc2)cc2cccnc21. The first-order valence-electron chi connectivity index (χ1n) is 9.40. The topological polar surface area (TPSA) is 68.1 Å². The van der Waals surface area contributed by atoms with Crippen LogP contribution < -0.4 is 5.56 Å². The predicted molar refractivity (Wildman–Crippen MR) is 104 cm³/mol. The number of pyridine rings is 3. The van der Waals surface area contributed by atoms with Gasteiger partial charge in [0.25, 0.3) is 11.5 Å². The van der Waals surface area contributed by atoms with E-state index >= 15 is 0 Å². The monoisotopic (exact) mass is 362 g/mol. The normalized spacial score (nSPS) is 17.2. The molecule has 1 fully saturated rings. The number of carbonyl (C=O) groups excluding carboxylic acids is 1. The first-order chi connectivity index (χ1) is 13.2. The van der Waals surface area contributed by atoms with Crippen molar-refractivity contribution in [1.82, 2.24) is 19.4 Å². The van der Waals surface area contributed by atoms with Crippen molar-refractivity contribution < 1.29 is 4.79 Å². The van der Waals surface area contributed by atoms with E-state index in [0.29, 0.717) is 18.7 Å². The Kier molecular flexibility index (Phi) is 4.71. The maximum Gasteiger partial charge on any atom is 0.265 e. The molecule has 0 bridgehead atoms. The van der Waals surface area contributed by atoms with Gasteiger partial charge in [-0.3, -0.25) is 19.1 Å². The quantitative estimate of drug-likeness (QED) is 0.718. The summed E-state index contributed by atoms with van der Waals surface area (Å²) < 4.78 is 1.57. The van der Waals surface area contributed by atoms with Crippen molar-refractivity contribution in [2.24, 2.45) is 0 Å². The molecule has 0 spiro atoms. The molecule has 3 aromatic rings. The van der Waals surface area contributed by atoms with E-state index in [0.717, 1.165) is 30.2 Å². The second-order valence-electron chi connectivity index (χ2n) is 6.82. The third kappa shape index (κ3) is 3.12. The van der Waals surface area contributed by atoms with Crippen LogP contribution in [0.25, 0.3) is 11.0 Å². The van der Waals surface area contributed by atoms with Crippen molar-refractivity contribution in [3.05, 3.63) is 70.4 Å². The van der Waals surface area contributed by atoms with Crippen molar-refractivity contribution in [1.29, 1.82) is 0 Å². The Morgan fingerprint density at radius 3 is 2.85 bits per heavy atom. The fraction of sp³-hybridized carbons (Fsp3) is 0.333. The van der Waals surface area contributed by atoms with E-state index < -0.39 is 0 Å². The van der Waals surface area contributed by atoms with Crippen LogP contribution in [-0.2, 0) is 6.54 Å². The summed E-state index contributed by atoms with van der Waals surface area (Å²) in [6.07, 6.45) is 8.09. The average Bonchev–Trinajstić information content (AvgIpc) is 2.73. The van der Waals surface area contributed by atoms with Crippen LogP contribution in [0.5, 0.6) is 0 Å². The largest absolute Gasteiger partial charge is 0.331 e. The van der Waals surface area contributed by atoms with Crippen LogP contribution in [0, 0.1) is 0 Å². The fourth-order valence-corrected chi connectivity index (χ4v) is 3.90. The molecule has 4 rings (SSSR count). The molecule has 0 aliphatic carbocycles. The molecule has 138 valence electrons. The maximum atomic E-state index is 13.4. The van der Waals surface area contributed by atoms with E-state index in [1.807, 2.05) is 42.3 Å². The number of hydrogen-bond donors (Lipinski definition) is 0. The van der Waals surface area contributed by atoms with E-state index in [4.69, 9.17) is 0 Å². The van der Waals surface area contributed by atoms with Gasteiger partial charge in [0.05, 0.1) is 6.04 Å². The number of amides is 1. The van der Waals surface area contributed by atoms with E-state index in [1.165, 1.54) is 0 Å². The van der Waals surface area contributed by atoms with Gasteiger partial charge in [0.15, 0.2) is 0 Å². The van der Waals surface area contributed by atoms with Crippen molar-refractivity contribution >= 4 is 16.9 Å². The van der Waals surface area contributed by atoms with Crippen LogP contribution in [0.1, 0.15) is 48.1 Å². The molecule has 1 amide bonds. The lowest BCUT2D eigenvalue weighted by atomic mass is 9.95. The van der Waals surface area contributed by atoms with E-state index in [2.05, 4.69) is 9.97 Å². The Morgan fingerprint density at radius 1 is 1.22 bits per heavy atom. The van der Waals surface area contributed by atoms with Gasteiger partial charge >= 0.3 is 0 Å². The first kappa shape index (κ1) is 17.4. The summed E-state index contributed by atoms with van der Waals surface area (Å²) in [5, 5.41) is 0.803. The van der Waals surface area contributed by atoms with Gasteiger partial charge in [-0.05, 0) is 56.0 Å². The molecule has 6 heteroatoms. The number of fused-ring (bicyclic) bond motifs is 1. The summed E-state index contributed by atoms with van der Waals surface area (Å²) in [6, 6.07) is 9.24. The highest BCUT2D eigenvalue weighted by molar-refractivity contribution is 5.97. The summed E-state index contributed by atoms with van der Waals surface area (Å²) in [4.78, 5) is 36.7. The molecule has 1 atom stereocenters. The third-order valence-corrected chi connectivity index (χ3v) is 5.23. The number of piperidine rings is 1. The zero-order valence-electron chi connectivity index (χ0n) is 15.3. The molecule has 1 saturated heterocycles. The Hall–Kier alpha value is -3.02. The lowest BCUT2D eigenvalue weighted by molar-refractivity contribution is 0.0609. The number of nitrogens with zero attached hydrogens (tertiary/aromatic N) is 4. The minimum absolute atomic E-state index is 0.0426. The summed E-state index contributed by atoms with van der Waals surface area (Å²) in [7, 11) is 0. The van der Waals surface area contributed by atoms with Gasteiger partial charge in [-0.2, -0.15) is 0 Å². The van der Waals surface area contributed by atoms with Crippen molar-refractivity contribution in [3.63, 3.8) is 0 Å². The zero-order valence-corrected chi connectivity index (χ0v) is 15.3. The van der Waals surface area contributed by atoms with Crippen LogP contribution in [0.2, 0.25) is 0 Å². The van der Waals surface area contributed by atoms with Crippen molar-refractivity contribution in [3.8, 4) is 0 Å². The maximum absolute atomic E-state index is 13.4. The standard InChI is InChI=1S/C21H22N4O2/c1-2-24-19-15(7-6-11-23-19)13-17(20(24)26)21(27)25-12-4-3-9-18(25)16-8-5-10-22-14-16/h5-8,10-11,13-14,18H,2-4,9,12H2,1H3/t18-/m1/s1. The van der Waals surface area contributed by atoms with Gasteiger partial charge in [0.1, 0.15) is 11.2 Å². The summed E-state index contributed by atoms with van der Waals surface area (Å²) in [6.45, 7) is 3.01. The molecule has 0 radical (unpaired) electrons. The van der Waals surface area contributed by atoms with Crippen LogP contribution in [0.4, 0.5) is 0 Å². The van der Waals surface area contributed by atoms with E-state index in [9.17, 15) is 9.59 Å². The van der Waals surface area contributed by atoms with Crippen LogP contribution in [0.3, 0.4) is 0 Å². The highest BCUT2D eigenvalue weighted by atomic mass is 16.2. The minimum Gasteiger partial charge on any atom is -0.331 e. The molecular formula is C21H22N4O2. The molecule has 1 aliphatic rings. The highest BCUT2D eigenvalue weighted by Gasteiger charge is 2.30. The van der Waals surface area contributed by atoms with Gasteiger partial charge in [0.2, 0.25) is 0 Å². The number of aryl methyl sites for hydroxylation is 1. The van der Waals surface area contributed by atoms with Crippen molar-refractivity contribution in [2.75, 3.05) is 6.54 Å². The molecule has 27 heavy (non-hydrogen) atoms. The minimum atomic E-state index is -0.274. The third-order valence-electron chi connectivity index (χ3n) is 5.23. The molecule has 0 unspecified atom stereocenters. The summed E-state index contributed by atoms with van der Waals surface area (Å²) in [5.41, 5.74) is 1.57. The Labute approximate surface area is 157 Å². The molecular weight excluding hydrogens is 340 g/mol. The van der Waals surface area contributed by atoms with E-state index in [1.54, 1.807) is 23.0 Å². The van der Waals surface area contributed by atoms with Crippen LogP contribution in [-0.4, -0.2) is 31.9 Å². The zero-order chi connectivity index (χ0) is 18.8. The highest BCUT2D eigenvalue weighted by Crippen LogP contribution is 2.31. The second-order valence-corrected chi connectivity index (χ2v) is 6.82. The summed E-state index contributed by atoms with van der Waals surface area (Å²) >= 11 is 0. The lowest BCUT2D eigenvalue weighted by Gasteiger charge is -2.36. The fourth-order valence-electron chi connectivity index (χ4n) is 3.90. The molecule has 0 N–H and O–H groups in total. The lowest BCUT2D eigenvalue weighted by Crippen LogP contribution is -2.41. The van der Waals surface area contributed by atoms with Gasteiger partial charge in [-0.1, -0.05) is 6.07 Å². The number of aromatic nitrogens is 3. The van der Waals surface area contributed by atoms with Gasteiger partial charge in [-0.15, -0.1) is 0 Å². The van der Waals surface area contributed by atoms with Gasteiger partial charge in [-0.25, -0.2) is 4.98 Å². The molecule has 0 saturated carbocycles. The Bertz CT molecular complexity index is 1030. The molecule has 4 heterocycles.